The number of thiophene rings is 1. The zero-order valence-corrected chi connectivity index (χ0v) is 13.8. The van der Waals surface area contributed by atoms with Crippen LogP contribution >= 0.6 is 34.5 Å². The van der Waals surface area contributed by atoms with Crippen LogP contribution in [0.5, 0.6) is 0 Å². The Kier molecular flexibility index (Phi) is 3.96. The van der Waals surface area contributed by atoms with Crippen LogP contribution in [0.25, 0.3) is 0 Å². The molecule has 3 rings (SSSR count). The number of benzene rings is 1. The largest absolute Gasteiger partial charge is 0.277 e. The number of nitrogens with one attached hydrogen (secondary N) is 1. The van der Waals surface area contributed by atoms with E-state index < -0.39 is 9.84 Å². The van der Waals surface area contributed by atoms with Gasteiger partial charge in [-0.05, 0) is 29.6 Å². The van der Waals surface area contributed by atoms with E-state index in [1.807, 2.05) is 0 Å². The highest BCUT2D eigenvalue weighted by atomic mass is 35.5. The second kappa shape index (κ2) is 5.61. The molecule has 0 aliphatic carbocycles. The number of halogens is 2. The van der Waals surface area contributed by atoms with E-state index in [2.05, 4.69) is 10.5 Å². The minimum absolute atomic E-state index is 0.0737. The van der Waals surface area contributed by atoms with E-state index in [0.717, 1.165) is 0 Å². The number of sulfone groups is 1. The highest BCUT2D eigenvalue weighted by molar-refractivity contribution is 7.93. The molecule has 21 heavy (non-hydrogen) atoms. The maximum atomic E-state index is 11.9. The molecular formula is C13H10Cl2N2O2S2. The van der Waals surface area contributed by atoms with Crippen molar-refractivity contribution in [3.05, 3.63) is 45.3 Å². The summed E-state index contributed by atoms with van der Waals surface area (Å²) >= 11 is 13.2. The summed E-state index contributed by atoms with van der Waals surface area (Å²) in [6, 6.07) is 6.80. The summed E-state index contributed by atoms with van der Waals surface area (Å²) in [5.41, 5.74) is 4.82. The van der Waals surface area contributed by atoms with E-state index in [4.69, 9.17) is 23.2 Å². The molecule has 2 heterocycles. The molecule has 0 saturated heterocycles. The topological polar surface area (TPSA) is 58.5 Å². The van der Waals surface area contributed by atoms with Crippen molar-refractivity contribution in [1.29, 1.82) is 0 Å². The molecule has 4 nitrogen and oxygen atoms in total. The zero-order valence-electron chi connectivity index (χ0n) is 10.6. The Balaban J connectivity index is 1.94. The first-order valence-electron chi connectivity index (χ1n) is 6.05. The third kappa shape index (κ3) is 2.94. The molecular weight excluding hydrogens is 351 g/mol. The van der Waals surface area contributed by atoms with Gasteiger partial charge in [0.05, 0.1) is 22.2 Å². The first-order chi connectivity index (χ1) is 9.97. The van der Waals surface area contributed by atoms with Gasteiger partial charge >= 0.3 is 0 Å². The fourth-order valence-corrected chi connectivity index (χ4v) is 5.18. The minimum atomic E-state index is -3.17. The van der Waals surface area contributed by atoms with Gasteiger partial charge in [0.1, 0.15) is 4.21 Å². The first-order valence-corrected chi connectivity index (χ1v) is 9.34. The predicted octanol–water partition coefficient (Wildman–Crippen LogP) is 4.05. The quantitative estimate of drug-likeness (QED) is 0.821. The average Bonchev–Trinajstić information content (AvgIpc) is 2.92. The van der Waals surface area contributed by atoms with E-state index in [1.54, 1.807) is 29.6 Å². The number of nitrogens with zero attached hydrogens (tertiary/aromatic N) is 1. The van der Waals surface area contributed by atoms with Gasteiger partial charge in [0.15, 0.2) is 9.84 Å². The van der Waals surface area contributed by atoms with E-state index in [-0.39, 0.29) is 5.75 Å². The molecule has 0 saturated carbocycles. The van der Waals surface area contributed by atoms with Crippen LogP contribution in [0.1, 0.15) is 12.0 Å². The molecule has 0 bridgehead atoms. The zero-order chi connectivity index (χ0) is 15.0. The summed E-state index contributed by atoms with van der Waals surface area (Å²) in [4.78, 5) is 0. The van der Waals surface area contributed by atoms with Crippen molar-refractivity contribution in [2.75, 3.05) is 11.2 Å². The molecule has 8 heteroatoms. The number of fused-ring (bicyclic) bond motifs is 1. The Bertz CT molecular complexity index is 828. The molecule has 1 N–H and O–H groups in total. The molecule has 2 aromatic rings. The van der Waals surface area contributed by atoms with Crippen molar-refractivity contribution in [3.8, 4) is 0 Å². The second-order valence-corrected chi connectivity index (χ2v) is 8.55. The van der Waals surface area contributed by atoms with Crippen LogP contribution in [0, 0.1) is 0 Å². The van der Waals surface area contributed by atoms with Crippen molar-refractivity contribution in [3.63, 3.8) is 0 Å². The molecule has 110 valence electrons. The lowest BCUT2D eigenvalue weighted by atomic mass is 10.1. The van der Waals surface area contributed by atoms with E-state index in [0.29, 0.717) is 37.6 Å². The van der Waals surface area contributed by atoms with Crippen molar-refractivity contribution >= 4 is 55.8 Å². The van der Waals surface area contributed by atoms with Gasteiger partial charge in [0, 0.05) is 17.0 Å². The summed E-state index contributed by atoms with van der Waals surface area (Å²) in [6.07, 6.45) is 0.372. The fraction of sp³-hybridized carbons (Fsp3) is 0.154. The molecule has 1 aromatic carbocycles. The molecule has 0 fully saturated rings. The van der Waals surface area contributed by atoms with Gasteiger partial charge in [0.2, 0.25) is 0 Å². The predicted molar refractivity (Wildman–Crippen MR) is 87.6 cm³/mol. The van der Waals surface area contributed by atoms with E-state index >= 15 is 0 Å². The Hall–Kier alpha value is -1.08. The lowest BCUT2D eigenvalue weighted by Crippen LogP contribution is -2.20. The van der Waals surface area contributed by atoms with Crippen LogP contribution < -0.4 is 5.43 Å². The Morgan fingerprint density at radius 1 is 1.24 bits per heavy atom. The molecule has 0 unspecified atom stereocenters. The normalized spacial score (nSPS) is 18.5. The first kappa shape index (κ1) is 14.8. The van der Waals surface area contributed by atoms with Crippen molar-refractivity contribution in [2.45, 2.75) is 10.6 Å². The SMILES string of the molecule is O=S1(=O)CCC(=NNc2cc(Cl)ccc2Cl)c2ccsc21. The number of hydrogen-bond acceptors (Lipinski definition) is 5. The summed E-state index contributed by atoms with van der Waals surface area (Å²) in [5.74, 6) is 0.0737. The standard InChI is InChI=1S/C13H10Cl2N2O2S2/c14-8-1-2-10(15)12(7-8)17-16-11-4-6-21(18,19)13-9(11)3-5-20-13/h1-3,5,7,17H,4,6H2. The molecule has 1 aliphatic heterocycles. The van der Waals surface area contributed by atoms with Crippen LogP contribution in [0.2, 0.25) is 10.0 Å². The van der Waals surface area contributed by atoms with Crippen LogP contribution in [-0.4, -0.2) is 19.9 Å². The number of hydrazone groups is 1. The van der Waals surface area contributed by atoms with E-state index in [1.165, 1.54) is 11.3 Å². The monoisotopic (exact) mass is 360 g/mol. The van der Waals surface area contributed by atoms with Crippen molar-refractivity contribution < 1.29 is 8.42 Å². The molecule has 0 spiro atoms. The Morgan fingerprint density at radius 2 is 2.05 bits per heavy atom. The van der Waals surface area contributed by atoms with Crippen LogP contribution in [0.15, 0.2) is 39.0 Å². The number of rotatable bonds is 2. The molecule has 1 aromatic heterocycles. The van der Waals surface area contributed by atoms with E-state index in [9.17, 15) is 8.42 Å². The summed E-state index contributed by atoms with van der Waals surface area (Å²) < 4.78 is 24.3. The average molecular weight is 361 g/mol. The van der Waals surface area contributed by atoms with Crippen LogP contribution in [0.4, 0.5) is 5.69 Å². The van der Waals surface area contributed by atoms with Gasteiger partial charge in [-0.15, -0.1) is 11.3 Å². The number of hydrogen-bond donors (Lipinski definition) is 1. The van der Waals surface area contributed by atoms with Crippen LogP contribution in [-0.2, 0) is 9.84 Å². The molecule has 0 radical (unpaired) electrons. The van der Waals surface area contributed by atoms with Gasteiger partial charge in [-0.2, -0.15) is 5.10 Å². The Labute approximate surface area is 136 Å². The maximum Gasteiger partial charge on any atom is 0.188 e. The van der Waals surface area contributed by atoms with Gasteiger partial charge in [-0.25, -0.2) is 8.42 Å². The summed E-state index contributed by atoms with van der Waals surface area (Å²) in [5, 5.41) is 7.10. The van der Waals surface area contributed by atoms with Crippen molar-refractivity contribution in [1.82, 2.24) is 0 Å². The van der Waals surface area contributed by atoms with Crippen LogP contribution in [0.3, 0.4) is 0 Å². The fourth-order valence-electron chi connectivity index (χ4n) is 2.04. The third-order valence-electron chi connectivity index (χ3n) is 3.07. The summed E-state index contributed by atoms with van der Waals surface area (Å²) in [6.45, 7) is 0. The lowest BCUT2D eigenvalue weighted by molar-refractivity contribution is 0.597. The maximum absolute atomic E-state index is 11.9. The lowest BCUT2D eigenvalue weighted by Gasteiger charge is -2.14. The number of anilines is 1. The summed E-state index contributed by atoms with van der Waals surface area (Å²) in [7, 11) is -3.17. The third-order valence-corrected chi connectivity index (χ3v) is 6.92. The highest BCUT2D eigenvalue weighted by Gasteiger charge is 2.29. The van der Waals surface area contributed by atoms with Crippen molar-refractivity contribution in [2.24, 2.45) is 5.10 Å². The molecule has 0 atom stereocenters. The minimum Gasteiger partial charge on any atom is -0.277 e. The molecule has 1 aliphatic rings. The molecule has 0 amide bonds. The van der Waals surface area contributed by atoms with Gasteiger partial charge in [-0.3, -0.25) is 5.43 Å². The highest BCUT2D eigenvalue weighted by Crippen LogP contribution is 2.31. The van der Waals surface area contributed by atoms with Gasteiger partial charge < -0.3 is 0 Å². The van der Waals surface area contributed by atoms with Gasteiger partial charge in [-0.1, -0.05) is 23.2 Å². The second-order valence-electron chi connectivity index (χ2n) is 4.49. The van der Waals surface area contributed by atoms with Gasteiger partial charge in [0.25, 0.3) is 0 Å². The Morgan fingerprint density at radius 3 is 2.86 bits per heavy atom. The smallest absolute Gasteiger partial charge is 0.188 e.